The number of halogens is 1. The van der Waals surface area contributed by atoms with Crippen LogP contribution in [0.3, 0.4) is 0 Å². The average Bonchev–Trinajstić information content (AvgIpc) is 3.25. The molecule has 0 spiro atoms. The number of aliphatic hydroxyl groups is 1. The van der Waals surface area contributed by atoms with Gasteiger partial charge in [-0.2, -0.15) is 5.26 Å². The first-order valence-corrected chi connectivity index (χ1v) is 9.65. The molecule has 1 amide bonds. The lowest BCUT2D eigenvalue weighted by atomic mass is 9.95. The molecule has 1 aromatic heterocycles. The van der Waals surface area contributed by atoms with E-state index in [1.54, 1.807) is 20.0 Å². The monoisotopic (exact) mass is 411 g/mol. The van der Waals surface area contributed by atoms with Crippen molar-refractivity contribution in [2.24, 2.45) is 13.0 Å². The fraction of sp³-hybridized carbons (Fsp3) is 0.364. The number of ketones is 2. The van der Waals surface area contributed by atoms with Crippen molar-refractivity contribution >= 4 is 23.2 Å². The first-order valence-electron chi connectivity index (χ1n) is 9.65. The number of rotatable bonds is 6. The summed E-state index contributed by atoms with van der Waals surface area (Å²) in [5.74, 6) is -2.73. The van der Waals surface area contributed by atoms with Crippen molar-refractivity contribution in [3.8, 4) is 6.07 Å². The number of aromatic nitrogens is 1. The van der Waals surface area contributed by atoms with Crippen molar-refractivity contribution in [2.45, 2.75) is 38.7 Å². The van der Waals surface area contributed by atoms with Crippen LogP contribution in [0.15, 0.2) is 24.3 Å². The number of hydrogen-bond donors (Lipinski definition) is 2. The molecule has 0 radical (unpaired) electrons. The molecule has 8 heteroatoms. The van der Waals surface area contributed by atoms with Gasteiger partial charge in [0.1, 0.15) is 17.6 Å². The van der Waals surface area contributed by atoms with E-state index < -0.39 is 29.4 Å². The lowest BCUT2D eigenvalue weighted by molar-refractivity contribution is -0.116. The summed E-state index contributed by atoms with van der Waals surface area (Å²) in [5.41, 5.74) is 0.772. The summed E-state index contributed by atoms with van der Waals surface area (Å²) in [6.07, 6.45) is 1.61. The van der Waals surface area contributed by atoms with Crippen LogP contribution in [0.4, 0.5) is 10.1 Å². The van der Waals surface area contributed by atoms with Crippen LogP contribution in [-0.2, 0) is 11.8 Å². The van der Waals surface area contributed by atoms with E-state index in [4.69, 9.17) is 5.26 Å². The van der Waals surface area contributed by atoms with Gasteiger partial charge in [-0.25, -0.2) is 4.39 Å². The highest BCUT2D eigenvalue weighted by Gasteiger charge is 2.31. The number of hydrogen-bond acceptors (Lipinski definition) is 5. The molecule has 1 aliphatic carbocycles. The normalized spacial score (nSPS) is 18.1. The van der Waals surface area contributed by atoms with Crippen LogP contribution in [0.5, 0.6) is 0 Å². The quantitative estimate of drug-likeness (QED) is 0.561. The number of carbonyl (C=O) groups excluding carboxylic acids is 3. The van der Waals surface area contributed by atoms with Crippen molar-refractivity contribution in [1.29, 1.82) is 5.26 Å². The second-order valence-electron chi connectivity index (χ2n) is 7.56. The molecule has 1 aliphatic rings. The van der Waals surface area contributed by atoms with E-state index in [0.717, 1.165) is 12.5 Å². The van der Waals surface area contributed by atoms with E-state index in [2.05, 4.69) is 5.32 Å². The Hall–Kier alpha value is -3.31. The number of nitrogens with zero attached hydrogens (tertiary/aromatic N) is 2. The molecule has 0 unspecified atom stereocenters. The number of anilines is 1. The Labute approximate surface area is 173 Å². The highest BCUT2D eigenvalue weighted by atomic mass is 19.1. The number of Topliss-reactive ketones (excluding diaryl/α,β-unsaturated/α-hetero) is 2. The number of amides is 1. The summed E-state index contributed by atoms with van der Waals surface area (Å²) in [6, 6.07) is 6.67. The smallest absolute Gasteiger partial charge is 0.272 e. The van der Waals surface area contributed by atoms with Crippen molar-refractivity contribution < 1.29 is 23.9 Å². The Morgan fingerprint density at radius 3 is 2.67 bits per heavy atom. The molecule has 7 nitrogen and oxygen atoms in total. The highest BCUT2D eigenvalue weighted by molar-refractivity contribution is 6.44. The third kappa shape index (κ3) is 4.16. The molecular formula is C22H22FN3O4. The molecule has 2 N–H and O–H groups in total. The molecule has 156 valence electrons. The molecule has 30 heavy (non-hydrogen) atoms. The van der Waals surface area contributed by atoms with Crippen LogP contribution >= 0.6 is 0 Å². The van der Waals surface area contributed by atoms with Gasteiger partial charge in [-0.15, -0.1) is 0 Å². The third-order valence-electron chi connectivity index (χ3n) is 5.68. The van der Waals surface area contributed by atoms with Gasteiger partial charge in [0.25, 0.3) is 5.91 Å². The first-order chi connectivity index (χ1) is 14.2. The minimum atomic E-state index is -0.691. The zero-order valence-corrected chi connectivity index (χ0v) is 16.7. The molecule has 1 aromatic carbocycles. The van der Waals surface area contributed by atoms with Crippen LogP contribution < -0.4 is 5.32 Å². The maximum Gasteiger partial charge on any atom is 0.272 e. The van der Waals surface area contributed by atoms with Gasteiger partial charge < -0.3 is 15.0 Å². The van der Waals surface area contributed by atoms with E-state index in [9.17, 15) is 23.9 Å². The standard InChI is InChI=1S/C22H22FN3O4/c1-12-16(21(29)20(28)9-13-4-3-5-19(13)27)10-18(26(12)2)22(30)25-15-6-7-17(23)14(8-15)11-24/h6-8,10,13,19,27H,3-5,9H2,1-2H3,(H,25,30)/t13-,19+/m1/s1. The van der Waals surface area contributed by atoms with Crippen molar-refractivity contribution in [1.82, 2.24) is 4.57 Å². The molecule has 0 saturated heterocycles. The summed E-state index contributed by atoms with van der Waals surface area (Å²) in [7, 11) is 1.59. The minimum absolute atomic E-state index is 0.0115. The molecule has 1 fully saturated rings. The molecular weight excluding hydrogens is 389 g/mol. The van der Waals surface area contributed by atoms with Crippen molar-refractivity contribution in [3.63, 3.8) is 0 Å². The lowest BCUT2D eigenvalue weighted by Crippen LogP contribution is -2.22. The predicted octanol–water partition coefficient (Wildman–Crippen LogP) is 2.90. The Kier molecular flexibility index (Phi) is 6.13. The summed E-state index contributed by atoms with van der Waals surface area (Å²) >= 11 is 0. The highest BCUT2D eigenvalue weighted by Crippen LogP contribution is 2.29. The zero-order chi connectivity index (χ0) is 22.0. The lowest BCUT2D eigenvalue weighted by Gasteiger charge is -2.12. The van der Waals surface area contributed by atoms with Gasteiger partial charge in [-0.1, -0.05) is 6.42 Å². The molecule has 0 bridgehead atoms. The number of nitrogens with one attached hydrogen (secondary N) is 1. The van der Waals surface area contributed by atoms with E-state index in [-0.39, 0.29) is 34.8 Å². The fourth-order valence-electron chi connectivity index (χ4n) is 3.77. The Balaban J connectivity index is 1.78. The zero-order valence-electron chi connectivity index (χ0n) is 16.7. The Morgan fingerprint density at radius 1 is 1.30 bits per heavy atom. The van der Waals surface area contributed by atoms with E-state index in [1.807, 2.05) is 0 Å². The second-order valence-corrected chi connectivity index (χ2v) is 7.56. The maximum atomic E-state index is 13.5. The van der Waals surface area contributed by atoms with Gasteiger partial charge >= 0.3 is 0 Å². The second kappa shape index (κ2) is 8.59. The van der Waals surface area contributed by atoms with Crippen LogP contribution in [-0.4, -0.2) is 33.3 Å². The van der Waals surface area contributed by atoms with Crippen LogP contribution in [0.2, 0.25) is 0 Å². The number of aliphatic hydroxyl groups excluding tert-OH is 1. The Bertz CT molecular complexity index is 1070. The summed E-state index contributed by atoms with van der Waals surface area (Å²) < 4.78 is 15.0. The summed E-state index contributed by atoms with van der Waals surface area (Å²) in [5, 5.41) is 21.4. The number of nitriles is 1. The SMILES string of the molecule is Cc1c(C(=O)C(=O)C[C@H]2CCC[C@@H]2O)cc(C(=O)Nc2ccc(F)c(C#N)c2)n1C. The molecule has 2 atom stereocenters. The van der Waals surface area contributed by atoms with E-state index in [1.165, 1.54) is 22.8 Å². The van der Waals surface area contributed by atoms with Gasteiger partial charge in [0, 0.05) is 30.4 Å². The molecule has 2 aromatic rings. The number of carbonyl (C=O) groups is 3. The van der Waals surface area contributed by atoms with Crippen LogP contribution in [0, 0.1) is 30.0 Å². The largest absolute Gasteiger partial charge is 0.393 e. The van der Waals surface area contributed by atoms with Crippen molar-refractivity contribution in [2.75, 3.05) is 5.32 Å². The van der Waals surface area contributed by atoms with Gasteiger partial charge in [0.05, 0.1) is 11.7 Å². The third-order valence-corrected chi connectivity index (χ3v) is 5.68. The van der Waals surface area contributed by atoms with E-state index in [0.29, 0.717) is 18.5 Å². The van der Waals surface area contributed by atoms with Gasteiger partial charge in [0.2, 0.25) is 11.6 Å². The topological polar surface area (TPSA) is 112 Å². The van der Waals surface area contributed by atoms with Crippen molar-refractivity contribution in [3.05, 3.63) is 52.6 Å². The maximum absolute atomic E-state index is 13.5. The summed E-state index contributed by atoms with van der Waals surface area (Å²) in [4.78, 5) is 37.8. The van der Waals surface area contributed by atoms with Crippen LogP contribution in [0.25, 0.3) is 0 Å². The molecule has 3 rings (SSSR count). The molecule has 1 saturated carbocycles. The molecule has 1 heterocycles. The number of benzene rings is 1. The van der Waals surface area contributed by atoms with Gasteiger partial charge in [-0.3, -0.25) is 14.4 Å². The minimum Gasteiger partial charge on any atom is -0.393 e. The average molecular weight is 411 g/mol. The van der Waals surface area contributed by atoms with E-state index >= 15 is 0 Å². The fourth-order valence-corrected chi connectivity index (χ4v) is 3.77. The van der Waals surface area contributed by atoms with Crippen LogP contribution in [0.1, 0.15) is 57.8 Å². The predicted molar refractivity (Wildman–Crippen MR) is 107 cm³/mol. The summed E-state index contributed by atoms with van der Waals surface area (Å²) in [6.45, 7) is 1.63. The van der Waals surface area contributed by atoms with Gasteiger partial charge in [0.15, 0.2) is 0 Å². The first kappa shape index (κ1) is 21.4. The Morgan fingerprint density at radius 2 is 2.03 bits per heavy atom. The van der Waals surface area contributed by atoms with Gasteiger partial charge in [-0.05, 0) is 49.9 Å². The molecule has 0 aliphatic heterocycles.